The Morgan fingerprint density at radius 3 is 2.40 bits per heavy atom. The molecule has 8 nitrogen and oxygen atoms in total. The Bertz CT molecular complexity index is 1460. The Balaban J connectivity index is 1.66. The largest absolute Gasteiger partial charge is 0.359 e. The molecule has 152 valence electrons. The second-order valence-corrected chi connectivity index (χ2v) is 8.83. The van der Waals surface area contributed by atoms with Crippen LogP contribution in [0.5, 0.6) is 0 Å². The first-order chi connectivity index (χ1) is 14.3. The molecule has 30 heavy (non-hydrogen) atoms. The van der Waals surface area contributed by atoms with Gasteiger partial charge in [0.2, 0.25) is 0 Å². The van der Waals surface area contributed by atoms with Crippen molar-refractivity contribution in [3.05, 3.63) is 74.8 Å². The smallest absolute Gasteiger partial charge is 0.253 e. The fourth-order valence-electron chi connectivity index (χ4n) is 3.10. The number of hydrogen-bond donors (Lipinski definition) is 3. The summed E-state index contributed by atoms with van der Waals surface area (Å²) in [7, 11) is -3.39. The molecule has 2 aromatic carbocycles. The van der Waals surface area contributed by atoms with Crippen LogP contribution < -0.4 is 21.5 Å². The molecule has 0 aliphatic carbocycles. The monoisotopic (exact) mass is 422 g/mol. The molecule has 0 fully saturated rings. The molecule has 0 saturated carbocycles. The summed E-state index contributed by atoms with van der Waals surface area (Å²) in [5, 5.41) is 6.41. The normalized spacial score (nSPS) is 12.1. The van der Waals surface area contributed by atoms with Gasteiger partial charge in [-0.25, -0.2) is 13.4 Å². The van der Waals surface area contributed by atoms with E-state index in [-0.39, 0.29) is 16.3 Å². The van der Waals surface area contributed by atoms with E-state index in [4.69, 9.17) is 0 Å². The van der Waals surface area contributed by atoms with Crippen molar-refractivity contribution in [3.63, 3.8) is 0 Å². The minimum atomic E-state index is -3.39. The van der Waals surface area contributed by atoms with E-state index in [1.165, 1.54) is 12.1 Å². The van der Waals surface area contributed by atoms with Crippen molar-refractivity contribution in [2.24, 2.45) is 0 Å². The number of pyridine rings is 1. The van der Waals surface area contributed by atoms with Crippen molar-refractivity contribution in [1.82, 2.24) is 9.97 Å². The van der Waals surface area contributed by atoms with Crippen molar-refractivity contribution in [1.29, 1.82) is 0 Å². The summed E-state index contributed by atoms with van der Waals surface area (Å²) in [6.07, 6.45) is 8.16. The van der Waals surface area contributed by atoms with Gasteiger partial charge in [-0.1, -0.05) is 12.2 Å². The van der Waals surface area contributed by atoms with E-state index < -0.39 is 20.7 Å². The zero-order valence-electron chi connectivity index (χ0n) is 16.2. The van der Waals surface area contributed by atoms with Gasteiger partial charge in [0.1, 0.15) is 17.2 Å². The Morgan fingerprint density at radius 1 is 1.03 bits per heavy atom. The van der Waals surface area contributed by atoms with Crippen LogP contribution in [-0.4, -0.2) is 24.6 Å². The fourth-order valence-corrected chi connectivity index (χ4v) is 3.74. The van der Waals surface area contributed by atoms with Crippen LogP contribution in [-0.2, 0) is 9.84 Å². The lowest BCUT2D eigenvalue weighted by molar-refractivity contribution is 0.602. The predicted octanol–water partition coefficient (Wildman–Crippen LogP) is 3.08. The zero-order valence-corrected chi connectivity index (χ0v) is 17.0. The molecular weight excluding hydrogens is 404 g/mol. The Hall–Kier alpha value is -3.72. The minimum Gasteiger partial charge on any atom is -0.359 e. The summed E-state index contributed by atoms with van der Waals surface area (Å²) in [4.78, 5) is 31.6. The third-order valence-electron chi connectivity index (χ3n) is 4.65. The van der Waals surface area contributed by atoms with Crippen LogP contribution in [0.2, 0.25) is 0 Å². The molecule has 9 heteroatoms. The summed E-state index contributed by atoms with van der Waals surface area (Å²) in [6, 6.07) is 8.21. The van der Waals surface area contributed by atoms with Crippen molar-refractivity contribution >= 4 is 49.7 Å². The molecule has 3 N–H and O–H groups in total. The number of sulfone groups is 1. The summed E-state index contributed by atoms with van der Waals surface area (Å²) in [5.74, 6) is 0.427. The van der Waals surface area contributed by atoms with Gasteiger partial charge >= 0.3 is 0 Å². The topological polar surface area (TPSA) is 121 Å². The van der Waals surface area contributed by atoms with Gasteiger partial charge in [0.25, 0.3) is 10.9 Å². The van der Waals surface area contributed by atoms with E-state index in [1.54, 1.807) is 24.5 Å². The Labute approximate surface area is 171 Å². The highest BCUT2D eigenvalue weighted by Crippen LogP contribution is 2.30. The summed E-state index contributed by atoms with van der Waals surface area (Å²) in [5.41, 5.74) is 1.00. The number of H-pyrrole nitrogens is 1. The van der Waals surface area contributed by atoms with Gasteiger partial charge in [0, 0.05) is 29.6 Å². The van der Waals surface area contributed by atoms with Crippen molar-refractivity contribution in [2.45, 2.75) is 11.8 Å². The van der Waals surface area contributed by atoms with E-state index in [2.05, 4.69) is 20.6 Å². The molecule has 2 heterocycles. The van der Waals surface area contributed by atoms with E-state index in [9.17, 15) is 18.0 Å². The molecule has 0 spiro atoms. The molecule has 0 radical (unpaired) electrons. The predicted molar refractivity (Wildman–Crippen MR) is 118 cm³/mol. The molecule has 0 bridgehead atoms. The SMILES string of the molecule is C/C=C/c1ccc(Nc2c(Nc3c[nH]c4ccc(S(C)(=O)=O)cc34)c(=O)c2=O)nc1. The van der Waals surface area contributed by atoms with Crippen molar-refractivity contribution in [2.75, 3.05) is 16.9 Å². The first kappa shape index (κ1) is 19.6. The second kappa shape index (κ2) is 7.27. The van der Waals surface area contributed by atoms with Crippen molar-refractivity contribution in [3.8, 4) is 0 Å². The van der Waals surface area contributed by atoms with Gasteiger partial charge in [-0.05, 0) is 42.8 Å². The van der Waals surface area contributed by atoms with Crippen LogP contribution >= 0.6 is 0 Å². The number of nitrogens with one attached hydrogen (secondary N) is 3. The molecule has 4 rings (SSSR count). The Kier molecular flexibility index (Phi) is 4.75. The minimum absolute atomic E-state index is 0.102. The first-order valence-corrected chi connectivity index (χ1v) is 10.9. The van der Waals surface area contributed by atoms with Crippen LogP contribution in [0.3, 0.4) is 0 Å². The highest BCUT2D eigenvalue weighted by Gasteiger charge is 2.22. The highest BCUT2D eigenvalue weighted by molar-refractivity contribution is 7.90. The lowest BCUT2D eigenvalue weighted by Crippen LogP contribution is -2.35. The molecule has 0 unspecified atom stereocenters. The Morgan fingerprint density at radius 2 is 1.77 bits per heavy atom. The lowest BCUT2D eigenvalue weighted by Gasteiger charge is -2.14. The van der Waals surface area contributed by atoms with Gasteiger partial charge in [0.05, 0.1) is 10.6 Å². The summed E-state index contributed by atoms with van der Waals surface area (Å²) in [6.45, 7) is 1.90. The number of anilines is 4. The van der Waals surface area contributed by atoms with Crippen LogP contribution in [0.4, 0.5) is 22.9 Å². The maximum Gasteiger partial charge on any atom is 0.253 e. The second-order valence-electron chi connectivity index (χ2n) is 6.82. The molecule has 0 saturated heterocycles. The van der Waals surface area contributed by atoms with Crippen LogP contribution in [0.25, 0.3) is 17.0 Å². The van der Waals surface area contributed by atoms with Gasteiger partial charge in [-0.2, -0.15) is 0 Å². The molecule has 0 aliphatic rings. The highest BCUT2D eigenvalue weighted by atomic mass is 32.2. The van der Waals surface area contributed by atoms with E-state index >= 15 is 0 Å². The third-order valence-corrected chi connectivity index (χ3v) is 5.76. The number of aromatic amines is 1. The quantitative estimate of drug-likeness (QED) is 0.408. The molecule has 4 aromatic rings. The number of fused-ring (bicyclic) bond motifs is 1. The molecule has 0 amide bonds. The standard InChI is InChI=1S/C21H18N4O4S/c1-3-4-12-5-8-17(23-10-12)25-19-18(20(26)21(19)27)24-16-11-22-15-7-6-13(9-14(15)16)30(2,28)29/h3-11,22,24H,1-2H3,(H,23,25)/b4-3+. The van der Waals surface area contributed by atoms with E-state index in [0.29, 0.717) is 22.4 Å². The maximum atomic E-state index is 12.1. The zero-order chi connectivity index (χ0) is 21.5. The van der Waals surface area contributed by atoms with Gasteiger partial charge in [0.15, 0.2) is 9.84 Å². The molecule has 2 aromatic heterocycles. The van der Waals surface area contributed by atoms with E-state index in [1.807, 2.05) is 25.1 Å². The van der Waals surface area contributed by atoms with Crippen LogP contribution in [0.1, 0.15) is 12.5 Å². The average molecular weight is 422 g/mol. The number of allylic oxidation sites excluding steroid dienone is 1. The van der Waals surface area contributed by atoms with Crippen LogP contribution in [0, 0.1) is 0 Å². The molecular formula is C21H18N4O4S. The van der Waals surface area contributed by atoms with Gasteiger partial charge in [-0.3, -0.25) is 9.59 Å². The van der Waals surface area contributed by atoms with Gasteiger partial charge in [-0.15, -0.1) is 0 Å². The lowest BCUT2D eigenvalue weighted by atomic mass is 10.1. The summed E-state index contributed by atoms with van der Waals surface area (Å²) >= 11 is 0. The number of hydrogen-bond acceptors (Lipinski definition) is 7. The van der Waals surface area contributed by atoms with E-state index in [0.717, 1.165) is 11.8 Å². The number of nitrogens with zero attached hydrogens (tertiary/aromatic N) is 1. The third kappa shape index (κ3) is 3.50. The average Bonchev–Trinajstić information content (AvgIpc) is 3.13. The maximum absolute atomic E-state index is 12.1. The van der Waals surface area contributed by atoms with Gasteiger partial charge < -0.3 is 15.6 Å². The molecule has 0 aliphatic heterocycles. The van der Waals surface area contributed by atoms with Crippen molar-refractivity contribution < 1.29 is 8.42 Å². The fraction of sp³-hybridized carbons (Fsp3) is 0.0952. The first-order valence-electron chi connectivity index (χ1n) is 9.05. The van der Waals surface area contributed by atoms with Crippen LogP contribution in [0.15, 0.2) is 63.3 Å². The number of rotatable bonds is 6. The number of benzene rings is 1. The molecule has 0 atom stereocenters. The summed E-state index contributed by atoms with van der Waals surface area (Å²) < 4.78 is 23.7. The number of aromatic nitrogens is 2.